The Hall–Kier alpha value is -1.03. The first kappa shape index (κ1) is 15.4. The number of thioether (sulfide) groups is 1. The van der Waals surface area contributed by atoms with Gasteiger partial charge in [0, 0.05) is 27.8 Å². The van der Waals surface area contributed by atoms with Gasteiger partial charge in [-0.15, -0.1) is 11.8 Å². The van der Waals surface area contributed by atoms with Crippen LogP contribution >= 0.6 is 23.4 Å². The van der Waals surface area contributed by atoms with E-state index in [1.807, 2.05) is 12.1 Å². The first-order valence-corrected chi connectivity index (χ1v) is 7.92. The predicted molar refractivity (Wildman–Crippen MR) is 84.8 cm³/mol. The largest absolute Gasteiger partial charge is 0.313 e. The van der Waals surface area contributed by atoms with Crippen LogP contribution in [0.4, 0.5) is 4.39 Å². The number of hydrogen-bond donors (Lipinski definition) is 1. The Balaban J connectivity index is 2.03. The molecule has 0 aliphatic rings. The fourth-order valence-corrected chi connectivity index (χ4v) is 3.16. The van der Waals surface area contributed by atoms with E-state index in [0.29, 0.717) is 16.3 Å². The lowest BCUT2D eigenvalue weighted by Gasteiger charge is -2.08. The van der Waals surface area contributed by atoms with E-state index in [-0.39, 0.29) is 5.82 Å². The second-order valence-electron chi connectivity index (χ2n) is 4.42. The quantitative estimate of drug-likeness (QED) is 0.763. The third kappa shape index (κ3) is 4.23. The molecule has 0 radical (unpaired) electrons. The minimum Gasteiger partial charge on any atom is -0.313 e. The van der Waals surface area contributed by atoms with Crippen LogP contribution in [0.1, 0.15) is 18.1 Å². The summed E-state index contributed by atoms with van der Waals surface area (Å²) in [5.74, 6) is 0.296. The van der Waals surface area contributed by atoms with E-state index in [1.54, 1.807) is 23.9 Å². The van der Waals surface area contributed by atoms with Crippen molar-refractivity contribution in [1.29, 1.82) is 0 Å². The van der Waals surface area contributed by atoms with E-state index in [1.165, 1.54) is 11.6 Å². The Morgan fingerprint density at radius 2 is 2.00 bits per heavy atom. The van der Waals surface area contributed by atoms with Crippen molar-refractivity contribution in [2.75, 3.05) is 6.54 Å². The molecule has 0 amide bonds. The fraction of sp³-hybridized carbons (Fsp3) is 0.250. The van der Waals surface area contributed by atoms with Gasteiger partial charge in [0.2, 0.25) is 0 Å². The lowest BCUT2D eigenvalue weighted by Crippen LogP contribution is -2.11. The Bertz CT molecular complexity index is 554. The molecule has 1 nitrogen and oxygen atoms in total. The molecule has 0 aliphatic carbocycles. The molecule has 0 aromatic heterocycles. The van der Waals surface area contributed by atoms with E-state index < -0.39 is 0 Å². The van der Waals surface area contributed by atoms with Crippen LogP contribution in [0.2, 0.25) is 5.02 Å². The molecule has 0 saturated heterocycles. The summed E-state index contributed by atoms with van der Waals surface area (Å²) >= 11 is 7.63. The molecule has 106 valence electrons. The molecule has 20 heavy (non-hydrogen) atoms. The maximum absolute atomic E-state index is 13.7. The van der Waals surface area contributed by atoms with Gasteiger partial charge in [-0.05, 0) is 36.4 Å². The van der Waals surface area contributed by atoms with Gasteiger partial charge in [-0.25, -0.2) is 4.39 Å². The van der Waals surface area contributed by atoms with Crippen molar-refractivity contribution in [2.24, 2.45) is 0 Å². The monoisotopic (exact) mass is 309 g/mol. The van der Waals surface area contributed by atoms with Crippen molar-refractivity contribution in [3.8, 4) is 0 Å². The van der Waals surface area contributed by atoms with Crippen molar-refractivity contribution in [3.63, 3.8) is 0 Å². The van der Waals surface area contributed by atoms with Gasteiger partial charge in [0.25, 0.3) is 0 Å². The van der Waals surface area contributed by atoms with Crippen LogP contribution in [0, 0.1) is 5.82 Å². The van der Waals surface area contributed by atoms with E-state index in [0.717, 1.165) is 18.0 Å². The average molecular weight is 310 g/mol. The van der Waals surface area contributed by atoms with Crippen molar-refractivity contribution < 1.29 is 4.39 Å². The van der Waals surface area contributed by atoms with Gasteiger partial charge >= 0.3 is 0 Å². The molecule has 0 spiro atoms. The van der Waals surface area contributed by atoms with E-state index >= 15 is 0 Å². The maximum Gasteiger partial charge on any atom is 0.128 e. The molecule has 0 heterocycles. The smallest absolute Gasteiger partial charge is 0.128 e. The topological polar surface area (TPSA) is 12.0 Å². The number of hydrogen-bond acceptors (Lipinski definition) is 2. The van der Waals surface area contributed by atoms with E-state index in [2.05, 4.69) is 24.4 Å². The van der Waals surface area contributed by atoms with Crippen LogP contribution in [-0.4, -0.2) is 6.54 Å². The van der Waals surface area contributed by atoms with Crippen LogP contribution in [0.3, 0.4) is 0 Å². The van der Waals surface area contributed by atoms with Gasteiger partial charge in [-0.2, -0.15) is 0 Å². The number of benzene rings is 2. The minimum atomic E-state index is -0.242. The summed E-state index contributed by atoms with van der Waals surface area (Å²) in [6, 6.07) is 13.1. The molecule has 0 bridgehead atoms. The van der Waals surface area contributed by atoms with Crippen molar-refractivity contribution in [2.45, 2.75) is 24.1 Å². The molecule has 0 aliphatic heterocycles. The molecule has 2 rings (SSSR count). The minimum absolute atomic E-state index is 0.242. The van der Waals surface area contributed by atoms with Crippen molar-refractivity contribution in [3.05, 3.63) is 64.4 Å². The van der Waals surface area contributed by atoms with Crippen LogP contribution in [0.25, 0.3) is 0 Å². The van der Waals surface area contributed by atoms with E-state index in [4.69, 9.17) is 11.6 Å². The summed E-state index contributed by atoms with van der Waals surface area (Å²) < 4.78 is 13.7. The third-order valence-electron chi connectivity index (χ3n) is 2.92. The Labute approximate surface area is 128 Å². The first-order chi connectivity index (χ1) is 9.70. The number of halogens is 2. The molecular formula is C16H17ClFNS. The molecule has 2 aromatic rings. The normalized spacial score (nSPS) is 10.8. The molecule has 4 heteroatoms. The highest BCUT2D eigenvalue weighted by molar-refractivity contribution is 7.98. The van der Waals surface area contributed by atoms with Gasteiger partial charge in [0.05, 0.1) is 0 Å². The molecule has 0 atom stereocenters. The van der Waals surface area contributed by atoms with E-state index in [9.17, 15) is 4.39 Å². The highest BCUT2D eigenvalue weighted by atomic mass is 35.5. The number of nitrogens with one attached hydrogen (secondary N) is 1. The molecule has 2 aromatic carbocycles. The third-order valence-corrected chi connectivity index (χ3v) is 4.30. The highest BCUT2D eigenvalue weighted by Crippen LogP contribution is 2.28. The van der Waals surface area contributed by atoms with Gasteiger partial charge in [0.15, 0.2) is 0 Å². The molecule has 0 saturated carbocycles. The second kappa shape index (κ2) is 7.67. The molecule has 0 unspecified atom stereocenters. The highest BCUT2D eigenvalue weighted by Gasteiger charge is 2.07. The molecular weight excluding hydrogens is 293 g/mol. The van der Waals surface area contributed by atoms with Crippen molar-refractivity contribution >= 4 is 23.4 Å². The number of rotatable bonds is 6. The molecule has 0 fully saturated rings. The summed E-state index contributed by atoms with van der Waals surface area (Å²) in [6.45, 7) is 3.88. The van der Waals surface area contributed by atoms with Crippen LogP contribution in [-0.2, 0) is 12.3 Å². The van der Waals surface area contributed by atoms with Gasteiger partial charge < -0.3 is 5.32 Å². The van der Waals surface area contributed by atoms with Crippen LogP contribution in [0.15, 0.2) is 47.4 Å². The molecule has 1 N–H and O–H groups in total. The lowest BCUT2D eigenvalue weighted by atomic mass is 10.2. The lowest BCUT2D eigenvalue weighted by molar-refractivity contribution is 0.617. The maximum atomic E-state index is 13.7. The SMILES string of the molecule is CCNCc1cccc(SCc2c(F)cccc2Cl)c1. The zero-order valence-corrected chi connectivity index (χ0v) is 12.9. The summed E-state index contributed by atoms with van der Waals surface area (Å²) in [4.78, 5) is 1.12. The van der Waals surface area contributed by atoms with Crippen molar-refractivity contribution in [1.82, 2.24) is 5.32 Å². The summed E-state index contributed by atoms with van der Waals surface area (Å²) in [5, 5.41) is 3.78. The predicted octanol–water partition coefficient (Wildman–Crippen LogP) is 4.88. The Morgan fingerprint density at radius 1 is 1.20 bits per heavy atom. The summed E-state index contributed by atoms with van der Waals surface area (Å²) in [5.41, 5.74) is 1.80. The summed E-state index contributed by atoms with van der Waals surface area (Å²) in [6.07, 6.45) is 0. The summed E-state index contributed by atoms with van der Waals surface area (Å²) in [7, 11) is 0. The van der Waals surface area contributed by atoms with Gasteiger partial charge in [0.1, 0.15) is 5.82 Å². The first-order valence-electron chi connectivity index (χ1n) is 6.56. The van der Waals surface area contributed by atoms with Gasteiger partial charge in [-0.1, -0.05) is 36.7 Å². The zero-order chi connectivity index (χ0) is 14.4. The standard InChI is InChI=1S/C16H17ClFNS/c1-2-19-10-12-5-3-6-13(9-12)20-11-14-15(17)7-4-8-16(14)18/h3-9,19H,2,10-11H2,1H3. The Morgan fingerprint density at radius 3 is 2.75 bits per heavy atom. The average Bonchev–Trinajstić information content (AvgIpc) is 2.45. The second-order valence-corrected chi connectivity index (χ2v) is 5.87. The zero-order valence-electron chi connectivity index (χ0n) is 11.3. The van der Waals surface area contributed by atoms with Gasteiger partial charge in [-0.3, -0.25) is 0 Å². The Kier molecular flexibility index (Phi) is 5.89. The van der Waals surface area contributed by atoms with Crippen LogP contribution < -0.4 is 5.32 Å². The fourth-order valence-electron chi connectivity index (χ4n) is 1.84. The van der Waals surface area contributed by atoms with Crippen LogP contribution in [0.5, 0.6) is 0 Å².